The molecule has 0 N–H and O–H groups in total. The van der Waals surface area contributed by atoms with Gasteiger partial charge in [0.2, 0.25) is 0 Å². The van der Waals surface area contributed by atoms with Gasteiger partial charge in [0.15, 0.2) is 0 Å². The third-order valence-corrected chi connectivity index (χ3v) is 2.92. The quantitative estimate of drug-likeness (QED) is 0.673. The number of piperazine rings is 1. The molecule has 0 bridgehead atoms. The van der Waals surface area contributed by atoms with E-state index in [1.165, 1.54) is 52.0 Å². The van der Waals surface area contributed by atoms with E-state index in [0.717, 1.165) is 6.61 Å². The van der Waals surface area contributed by atoms with Crippen molar-refractivity contribution in [2.75, 3.05) is 53.5 Å². The van der Waals surface area contributed by atoms with Gasteiger partial charge >= 0.3 is 0 Å². The Morgan fingerprint density at radius 2 is 1.56 bits per heavy atom. The van der Waals surface area contributed by atoms with Crippen LogP contribution in [-0.2, 0) is 4.74 Å². The van der Waals surface area contributed by atoms with Crippen molar-refractivity contribution in [3.05, 3.63) is 0 Å². The zero-order chi connectivity index (χ0) is 12.2. The molecule has 3 heteroatoms. The van der Waals surface area contributed by atoms with Crippen LogP contribution in [0.25, 0.3) is 0 Å². The predicted molar refractivity (Wildman–Crippen MR) is 71.0 cm³/mol. The maximum absolute atomic E-state index is 5.02. The van der Waals surface area contributed by atoms with Gasteiger partial charge in [-0.15, -0.1) is 0 Å². The third kappa shape index (κ3) is 9.13. The van der Waals surface area contributed by atoms with Gasteiger partial charge < -0.3 is 14.5 Å². The first-order valence-electron chi connectivity index (χ1n) is 6.64. The number of ether oxygens (including phenoxy) is 1. The van der Waals surface area contributed by atoms with E-state index in [-0.39, 0.29) is 0 Å². The second-order valence-corrected chi connectivity index (χ2v) is 4.49. The normalized spacial score (nSPS) is 18.0. The van der Waals surface area contributed by atoms with Crippen molar-refractivity contribution in [2.45, 2.75) is 33.1 Å². The number of hydrogen-bond donors (Lipinski definition) is 0. The molecule has 3 nitrogen and oxygen atoms in total. The number of rotatable bonds is 5. The standard InChI is InChI=1S/C9H20N2O.C4H10/c1-10-5-7-11(8-6-10)4-3-9-12-2;1-3-4-2/h3-9H2,1-2H3;3-4H2,1-2H3. The van der Waals surface area contributed by atoms with Gasteiger partial charge in [0.25, 0.3) is 0 Å². The van der Waals surface area contributed by atoms with Gasteiger partial charge in [-0.25, -0.2) is 0 Å². The summed E-state index contributed by atoms with van der Waals surface area (Å²) in [6, 6.07) is 0. The van der Waals surface area contributed by atoms with Crippen LogP contribution < -0.4 is 0 Å². The molecule has 0 radical (unpaired) electrons. The van der Waals surface area contributed by atoms with Crippen molar-refractivity contribution in [1.82, 2.24) is 9.80 Å². The van der Waals surface area contributed by atoms with Crippen molar-refractivity contribution in [1.29, 1.82) is 0 Å². The average Bonchev–Trinajstić information content (AvgIpc) is 2.32. The Morgan fingerprint density at radius 3 is 2.00 bits per heavy atom. The SMILES string of the molecule is CCCC.COCCCN1CCN(C)CC1. The van der Waals surface area contributed by atoms with Crippen LogP contribution in [-0.4, -0.2) is 63.3 Å². The summed E-state index contributed by atoms with van der Waals surface area (Å²) in [5.74, 6) is 0. The summed E-state index contributed by atoms with van der Waals surface area (Å²) in [7, 11) is 3.95. The number of hydrogen-bond acceptors (Lipinski definition) is 3. The second kappa shape index (κ2) is 11.4. The molecule has 1 aliphatic heterocycles. The molecule has 1 heterocycles. The molecular formula is C13H30N2O. The fourth-order valence-electron chi connectivity index (χ4n) is 1.50. The molecule has 0 amide bonds. The summed E-state index contributed by atoms with van der Waals surface area (Å²) >= 11 is 0. The van der Waals surface area contributed by atoms with Crippen LogP contribution in [0.3, 0.4) is 0 Å². The molecular weight excluding hydrogens is 200 g/mol. The van der Waals surface area contributed by atoms with Crippen molar-refractivity contribution in [3.63, 3.8) is 0 Å². The minimum atomic E-state index is 0.895. The topological polar surface area (TPSA) is 15.7 Å². The molecule has 1 fully saturated rings. The Morgan fingerprint density at radius 1 is 1.00 bits per heavy atom. The highest BCUT2D eigenvalue weighted by Gasteiger charge is 2.12. The number of nitrogens with zero attached hydrogens (tertiary/aromatic N) is 2. The molecule has 0 aromatic carbocycles. The Labute approximate surface area is 102 Å². The maximum atomic E-state index is 5.02. The summed E-state index contributed by atoms with van der Waals surface area (Å²) in [4.78, 5) is 4.89. The van der Waals surface area contributed by atoms with Crippen molar-refractivity contribution >= 4 is 0 Å². The van der Waals surface area contributed by atoms with E-state index in [0.29, 0.717) is 0 Å². The Balaban J connectivity index is 0.000000487. The average molecular weight is 230 g/mol. The first-order chi connectivity index (χ1) is 7.74. The minimum Gasteiger partial charge on any atom is -0.385 e. The van der Waals surface area contributed by atoms with Crippen LogP contribution in [0.1, 0.15) is 33.1 Å². The summed E-state index contributed by atoms with van der Waals surface area (Å²) in [5, 5.41) is 0. The molecule has 0 unspecified atom stereocenters. The van der Waals surface area contributed by atoms with Crippen LogP contribution in [0.15, 0.2) is 0 Å². The highest BCUT2D eigenvalue weighted by Crippen LogP contribution is 1.99. The summed E-state index contributed by atoms with van der Waals surface area (Å²) in [6.45, 7) is 11.3. The fourth-order valence-corrected chi connectivity index (χ4v) is 1.50. The predicted octanol–water partition coefficient (Wildman–Crippen LogP) is 2.08. The minimum absolute atomic E-state index is 0.895. The summed E-state index contributed by atoms with van der Waals surface area (Å²) in [6.07, 6.45) is 3.81. The van der Waals surface area contributed by atoms with E-state index < -0.39 is 0 Å². The highest BCUT2D eigenvalue weighted by molar-refractivity contribution is 4.68. The molecule has 0 saturated carbocycles. The number of methoxy groups -OCH3 is 1. The lowest BCUT2D eigenvalue weighted by Crippen LogP contribution is -2.44. The zero-order valence-corrected chi connectivity index (χ0v) is 11.7. The molecule has 1 rings (SSSR count). The Bertz CT molecular complexity index is 132. The Hall–Kier alpha value is -0.120. The van der Waals surface area contributed by atoms with Crippen molar-refractivity contribution in [3.8, 4) is 0 Å². The van der Waals surface area contributed by atoms with E-state index in [2.05, 4.69) is 30.7 Å². The van der Waals surface area contributed by atoms with Gasteiger partial charge in [-0.1, -0.05) is 26.7 Å². The number of unbranched alkanes of at least 4 members (excludes halogenated alkanes) is 1. The van der Waals surface area contributed by atoms with Gasteiger partial charge in [0.05, 0.1) is 0 Å². The van der Waals surface area contributed by atoms with Gasteiger partial charge in [-0.05, 0) is 13.5 Å². The lowest BCUT2D eigenvalue weighted by Gasteiger charge is -2.32. The monoisotopic (exact) mass is 230 g/mol. The second-order valence-electron chi connectivity index (χ2n) is 4.49. The fraction of sp³-hybridized carbons (Fsp3) is 1.00. The lowest BCUT2D eigenvalue weighted by atomic mass is 10.3. The molecule has 1 saturated heterocycles. The van der Waals surface area contributed by atoms with Crippen molar-refractivity contribution in [2.24, 2.45) is 0 Å². The highest BCUT2D eigenvalue weighted by atomic mass is 16.5. The number of likely N-dealkylation sites (N-methyl/N-ethyl adjacent to an activating group) is 1. The third-order valence-electron chi connectivity index (χ3n) is 2.92. The van der Waals surface area contributed by atoms with Crippen LogP contribution in [0, 0.1) is 0 Å². The van der Waals surface area contributed by atoms with E-state index in [9.17, 15) is 0 Å². The largest absolute Gasteiger partial charge is 0.385 e. The molecule has 0 aliphatic carbocycles. The van der Waals surface area contributed by atoms with E-state index in [4.69, 9.17) is 4.74 Å². The van der Waals surface area contributed by atoms with Gasteiger partial charge in [0, 0.05) is 46.4 Å². The molecule has 0 atom stereocenters. The Kier molecular flexibility index (Phi) is 11.3. The van der Waals surface area contributed by atoms with Gasteiger partial charge in [-0.3, -0.25) is 0 Å². The first-order valence-corrected chi connectivity index (χ1v) is 6.64. The molecule has 0 aromatic heterocycles. The first kappa shape index (κ1) is 15.9. The summed E-state index contributed by atoms with van der Waals surface area (Å²) < 4.78 is 5.02. The van der Waals surface area contributed by atoms with Crippen LogP contribution >= 0.6 is 0 Å². The molecule has 1 aliphatic rings. The van der Waals surface area contributed by atoms with E-state index in [1.54, 1.807) is 7.11 Å². The molecule has 0 aromatic rings. The van der Waals surface area contributed by atoms with E-state index in [1.807, 2.05) is 0 Å². The van der Waals surface area contributed by atoms with Crippen molar-refractivity contribution < 1.29 is 4.74 Å². The van der Waals surface area contributed by atoms with Gasteiger partial charge in [0.1, 0.15) is 0 Å². The maximum Gasteiger partial charge on any atom is 0.0474 e. The van der Waals surface area contributed by atoms with Gasteiger partial charge in [-0.2, -0.15) is 0 Å². The lowest BCUT2D eigenvalue weighted by molar-refractivity contribution is 0.131. The smallest absolute Gasteiger partial charge is 0.0474 e. The zero-order valence-electron chi connectivity index (χ0n) is 11.7. The van der Waals surface area contributed by atoms with Crippen LogP contribution in [0.4, 0.5) is 0 Å². The molecule has 98 valence electrons. The molecule has 16 heavy (non-hydrogen) atoms. The van der Waals surface area contributed by atoms with Crippen LogP contribution in [0.2, 0.25) is 0 Å². The van der Waals surface area contributed by atoms with Crippen LogP contribution in [0.5, 0.6) is 0 Å². The molecule has 0 spiro atoms. The summed E-state index contributed by atoms with van der Waals surface area (Å²) in [5.41, 5.74) is 0. The van der Waals surface area contributed by atoms with E-state index >= 15 is 0 Å².